The van der Waals surface area contributed by atoms with Crippen LogP contribution in [0.4, 0.5) is 0 Å². The van der Waals surface area contributed by atoms with E-state index in [1.165, 1.54) is 4.90 Å². The molecule has 0 radical (unpaired) electrons. The van der Waals surface area contributed by atoms with Gasteiger partial charge in [-0.25, -0.2) is 9.69 Å². The fourth-order valence-corrected chi connectivity index (χ4v) is 6.80. The summed E-state index contributed by atoms with van der Waals surface area (Å²) in [5.74, 6) is -0.202. The number of ether oxygens (including phenoxy) is 2. The number of carbonyl (C=O) groups is 2. The zero-order valence-corrected chi connectivity index (χ0v) is 20.8. The third kappa shape index (κ3) is 3.39. The molecule has 1 heterocycles. The Morgan fingerprint density at radius 3 is 2.47 bits per heavy atom. The number of amides is 1. The van der Waals surface area contributed by atoms with E-state index in [2.05, 4.69) is 12.2 Å². The molecule has 3 aliphatic rings. The lowest BCUT2D eigenvalue weighted by atomic mass is 9.70. The van der Waals surface area contributed by atoms with Gasteiger partial charge >= 0.3 is 5.97 Å². The van der Waals surface area contributed by atoms with Gasteiger partial charge in [0.2, 0.25) is 0 Å². The summed E-state index contributed by atoms with van der Waals surface area (Å²) < 4.78 is 12.2. The van der Waals surface area contributed by atoms with Crippen LogP contribution >= 0.6 is 12.2 Å². The molecule has 182 valence electrons. The van der Waals surface area contributed by atoms with Gasteiger partial charge in [0.1, 0.15) is 0 Å². The molecule has 2 bridgehead atoms. The van der Waals surface area contributed by atoms with Crippen LogP contribution in [-0.2, 0) is 19.9 Å². The molecule has 1 saturated carbocycles. The van der Waals surface area contributed by atoms with Gasteiger partial charge in [-0.05, 0) is 66.2 Å². The Labute approximate surface area is 215 Å². The van der Waals surface area contributed by atoms with Gasteiger partial charge < -0.3 is 9.47 Å². The summed E-state index contributed by atoms with van der Waals surface area (Å²) in [4.78, 5) is 29.4. The number of hydrogen-bond donors (Lipinski definition) is 0. The molecule has 1 saturated heterocycles. The van der Waals surface area contributed by atoms with Crippen molar-refractivity contribution in [3.8, 4) is 0 Å². The smallest absolute Gasteiger partial charge is 0.333 e. The molecular formula is C30H27NO4S. The highest BCUT2D eigenvalue weighted by Crippen LogP contribution is 2.57. The van der Waals surface area contributed by atoms with Crippen LogP contribution < -0.4 is 0 Å². The summed E-state index contributed by atoms with van der Waals surface area (Å²) in [6.07, 6.45) is 6.37. The van der Waals surface area contributed by atoms with Crippen molar-refractivity contribution in [3.05, 3.63) is 96.1 Å². The van der Waals surface area contributed by atoms with E-state index in [0.717, 1.165) is 29.2 Å². The summed E-state index contributed by atoms with van der Waals surface area (Å²) >= 11 is 5.75. The molecule has 3 aromatic carbocycles. The SMILES string of the molecule is CCOC(=O)C1N(C(=O)c2cccc3ccccc23)C(=S)OC1(c1ccccc1)C1CC2C=CC1C2. The van der Waals surface area contributed by atoms with Crippen LogP contribution in [0.2, 0.25) is 0 Å². The number of fused-ring (bicyclic) bond motifs is 3. The number of nitrogens with zero attached hydrogens (tertiary/aromatic N) is 1. The first kappa shape index (κ1) is 22.9. The standard InChI is InChI=1S/C30H27NO4S/c1-2-34-28(33)26-30(22-11-4-3-5-12-22,25-18-19-15-16-21(25)17-19)35-29(36)31(26)27(32)24-14-8-10-20-9-6-7-13-23(20)24/h3-16,19,21,25-26H,2,17-18H2,1H3. The van der Waals surface area contributed by atoms with Gasteiger partial charge in [0, 0.05) is 11.5 Å². The molecule has 2 fully saturated rings. The highest BCUT2D eigenvalue weighted by molar-refractivity contribution is 7.80. The molecular weight excluding hydrogens is 470 g/mol. The van der Waals surface area contributed by atoms with Crippen molar-refractivity contribution in [1.29, 1.82) is 0 Å². The first-order valence-electron chi connectivity index (χ1n) is 12.5. The maximum Gasteiger partial charge on any atom is 0.333 e. The topological polar surface area (TPSA) is 55.8 Å². The fourth-order valence-electron chi connectivity index (χ4n) is 6.47. The van der Waals surface area contributed by atoms with Gasteiger partial charge in [0.05, 0.1) is 6.61 Å². The van der Waals surface area contributed by atoms with E-state index in [-0.39, 0.29) is 29.5 Å². The van der Waals surface area contributed by atoms with Crippen LogP contribution in [0.15, 0.2) is 84.9 Å². The van der Waals surface area contributed by atoms with E-state index in [1.54, 1.807) is 13.0 Å². The molecule has 6 heteroatoms. The highest BCUT2D eigenvalue weighted by Gasteiger charge is 2.66. The molecule has 0 aromatic heterocycles. The van der Waals surface area contributed by atoms with Crippen molar-refractivity contribution in [2.45, 2.75) is 31.4 Å². The number of allylic oxidation sites excluding steroid dienone is 2. The third-order valence-electron chi connectivity index (χ3n) is 7.92. The molecule has 1 aliphatic heterocycles. The van der Waals surface area contributed by atoms with E-state index in [0.29, 0.717) is 11.5 Å². The third-order valence-corrected chi connectivity index (χ3v) is 8.20. The Morgan fingerprint density at radius 2 is 1.75 bits per heavy atom. The zero-order valence-electron chi connectivity index (χ0n) is 20.0. The van der Waals surface area contributed by atoms with E-state index >= 15 is 0 Å². The van der Waals surface area contributed by atoms with Crippen molar-refractivity contribution in [2.24, 2.45) is 17.8 Å². The lowest BCUT2D eigenvalue weighted by molar-refractivity contribution is -0.155. The highest BCUT2D eigenvalue weighted by atomic mass is 32.1. The van der Waals surface area contributed by atoms with Crippen molar-refractivity contribution < 1.29 is 19.1 Å². The zero-order chi connectivity index (χ0) is 24.9. The van der Waals surface area contributed by atoms with Crippen molar-refractivity contribution in [2.75, 3.05) is 6.61 Å². The monoisotopic (exact) mass is 497 g/mol. The second-order valence-electron chi connectivity index (χ2n) is 9.77. The lowest BCUT2D eigenvalue weighted by Gasteiger charge is -2.41. The van der Waals surface area contributed by atoms with Gasteiger partial charge in [0.25, 0.3) is 11.1 Å². The van der Waals surface area contributed by atoms with Crippen LogP contribution in [0.1, 0.15) is 35.7 Å². The Morgan fingerprint density at radius 1 is 1.00 bits per heavy atom. The van der Waals surface area contributed by atoms with Crippen molar-refractivity contribution in [1.82, 2.24) is 4.90 Å². The lowest BCUT2D eigenvalue weighted by Crippen LogP contribution is -2.55. The van der Waals surface area contributed by atoms with E-state index in [4.69, 9.17) is 21.7 Å². The first-order chi connectivity index (χ1) is 17.5. The van der Waals surface area contributed by atoms with E-state index < -0.39 is 17.6 Å². The molecule has 0 spiro atoms. The Balaban J connectivity index is 1.54. The molecule has 2 aliphatic carbocycles. The number of esters is 1. The van der Waals surface area contributed by atoms with E-state index in [9.17, 15) is 9.59 Å². The molecule has 1 amide bonds. The largest absolute Gasteiger partial charge is 0.464 e. The van der Waals surface area contributed by atoms with Crippen LogP contribution in [0.3, 0.4) is 0 Å². The first-order valence-corrected chi connectivity index (χ1v) is 12.9. The maximum absolute atomic E-state index is 14.2. The number of thiocarbonyl (C=S) groups is 1. The molecule has 5 atom stereocenters. The maximum atomic E-state index is 14.2. The molecule has 0 N–H and O–H groups in total. The van der Waals surface area contributed by atoms with Gasteiger partial charge in [0.15, 0.2) is 11.6 Å². The summed E-state index contributed by atoms with van der Waals surface area (Å²) in [5.41, 5.74) is 0.185. The van der Waals surface area contributed by atoms with Crippen molar-refractivity contribution >= 4 is 40.0 Å². The van der Waals surface area contributed by atoms with Gasteiger partial charge in [-0.3, -0.25) is 4.79 Å². The number of carbonyl (C=O) groups excluding carboxylic acids is 2. The molecule has 5 nitrogen and oxygen atoms in total. The molecule has 5 unspecified atom stereocenters. The van der Waals surface area contributed by atoms with Crippen LogP contribution in [0.25, 0.3) is 10.8 Å². The minimum atomic E-state index is -1.13. The second kappa shape index (κ2) is 8.86. The molecule has 6 rings (SSSR count). The minimum absolute atomic E-state index is 0.0154. The Bertz CT molecular complexity index is 1380. The average molecular weight is 498 g/mol. The molecule has 36 heavy (non-hydrogen) atoms. The van der Waals surface area contributed by atoms with Crippen molar-refractivity contribution in [3.63, 3.8) is 0 Å². The fraction of sp³-hybridized carbons (Fsp3) is 0.300. The number of hydrogen-bond acceptors (Lipinski definition) is 5. The Kier molecular flexibility index (Phi) is 5.64. The van der Waals surface area contributed by atoms with Gasteiger partial charge in [-0.1, -0.05) is 78.9 Å². The quantitative estimate of drug-likeness (QED) is 0.260. The summed E-state index contributed by atoms with van der Waals surface area (Å²) in [7, 11) is 0. The summed E-state index contributed by atoms with van der Waals surface area (Å²) in [6, 6.07) is 22.0. The Hall–Kier alpha value is -3.51. The summed E-state index contributed by atoms with van der Waals surface area (Å²) in [6.45, 7) is 1.97. The second-order valence-corrected chi connectivity index (χ2v) is 10.1. The van der Waals surface area contributed by atoms with Crippen LogP contribution in [0.5, 0.6) is 0 Å². The number of rotatable bonds is 5. The predicted octanol–water partition coefficient (Wildman–Crippen LogP) is 5.64. The van der Waals surface area contributed by atoms with Gasteiger partial charge in [-0.15, -0.1) is 0 Å². The average Bonchev–Trinajstić information content (AvgIpc) is 3.62. The van der Waals surface area contributed by atoms with Crippen LogP contribution in [-0.4, -0.2) is 34.6 Å². The molecule has 3 aromatic rings. The van der Waals surface area contributed by atoms with E-state index in [1.807, 2.05) is 66.7 Å². The summed E-state index contributed by atoms with van der Waals surface area (Å²) in [5, 5.41) is 1.76. The predicted molar refractivity (Wildman–Crippen MR) is 141 cm³/mol. The minimum Gasteiger partial charge on any atom is -0.464 e. The number of benzene rings is 3. The van der Waals surface area contributed by atoms with Gasteiger partial charge in [-0.2, -0.15) is 0 Å². The van der Waals surface area contributed by atoms with Crippen LogP contribution in [0, 0.1) is 17.8 Å². The normalized spacial score (nSPS) is 28.5.